The third-order valence-corrected chi connectivity index (χ3v) is 14.8. The van der Waals surface area contributed by atoms with Crippen molar-refractivity contribution in [1.82, 2.24) is 10.2 Å². The molecule has 66 heavy (non-hydrogen) atoms. The van der Waals surface area contributed by atoms with Gasteiger partial charge in [0.05, 0.1) is 6.42 Å². The maximum absolute atomic E-state index is 14.9. The molecule has 0 radical (unpaired) electrons. The number of nitrogens with zero attached hydrogens (tertiary/aromatic N) is 1. The fraction of sp³-hybridized carbons (Fsp3) is 0.431. The van der Waals surface area contributed by atoms with E-state index in [1.807, 2.05) is 78.9 Å². The molecule has 1 saturated carbocycles. The number of halogens is 1. The molecule has 7 nitrogen and oxygen atoms in total. The third-order valence-electron chi connectivity index (χ3n) is 14.5. The zero-order valence-electron chi connectivity index (χ0n) is 38.7. The van der Waals surface area contributed by atoms with Crippen LogP contribution in [0.2, 0.25) is 5.02 Å². The SMILES string of the molecule is CC1CCN(C(=O)[C@H](CC(=O)OC(c2ccccc2)(c2ccc(C3CCCCCCCCCCCCC3)cc2)c2ccccc2Cl)NC(=O)OCC2c3ccccc3-c3ccccc32)CC1. The second-order valence-electron chi connectivity index (χ2n) is 19.0. The van der Waals surface area contributed by atoms with Gasteiger partial charge in [0.25, 0.3) is 0 Å². The van der Waals surface area contributed by atoms with E-state index in [4.69, 9.17) is 21.1 Å². The highest BCUT2D eigenvalue weighted by atomic mass is 35.5. The smallest absolute Gasteiger partial charge is 0.407 e. The molecule has 2 atom stereocenters. The molecule has 0 bridgehead atoms. The number of fused-ring (bicyclic) bond motifs is 3. The predicted molar refractivity (Wildman–Crippen MR) is 265 cm³/mol. The Morgan fingerprint density at radius 3 is 1.74 bits per heavy atom. The molecule has 1 heterocycles. The van der Waals surface area contributed by atoms with Gasteiger partial charge in [-0.25, -0.2) is 4.79 Å². The van der Waals surface area contributed by atoms with Gasteiger partial charge in [-0.2, -0.15) is 0 Å². The van der Waals surface area contributed by atoms with Gasteiger partial charge in [0.2, 0.25) is 5.91 Å². The molecule has 8 heteroatoms. The summed E-state index contributed by atoms with van der Waals surface area (Å²) in [4.78, 5) is 45.0. The first kappa shape index (κ1) is 47.1. The zero-order chi connectivity index (χ0) is 45.7. The summed E-state index contributed by atoms with van der Waals surface area (Å²) in [5.74, 6) is -0.224. The van der Waals surface area contributed by atoms with Crippen molar-refractivity contribution < 1.29 is 23.9 Å². The minimum Gasteiger partial charge on any atom is -0.449 e. The summed E-state index contributed by atoms with van der Waals surface area (Å²) >= 11 is 7.12. The molecule has 8 rings (SSSR count). The Balaban J connectivity index is 1.07. The first-order valence-corrected chi connectivity index (χ1v) is 25.2. The Morgan fingerprint density at radius 2 is 1.15 bits per heavy atom. The van der Waals surface area contributed by atoms with Crippen LogP contribution in [-0.4, -0.2) is 48.6 Å². The highest BCUT2D eigenvalue weighted by Gasteiger charge is 2.43. The maximum Gasteiger partial charge on any atom is 0.407 e. The van der Waals surface area contributed by atoms with Crippen LogP contribution in [0, 0.1) is 5.92 Å². The van der Waals surface area contributed by atoms with Crippen LogP contribution in [0.25, 0.3) is 11.1 Å². The summed E-state index contributed by atoms with van der Waals surface area (Å²) in [5.41, 5.74) is 6.30. The first-order valence-electron chi connectivity index (χ1n) is 24.8. The summed E-state index contributed by atoms with van der Waals surface area (Å²) < 4.78 is 12.8. The van der Waals surface area contributed by atoms with E-state index in [0.29, 0.717) is 35.5 Å². The molecule has 0 aromatic heterocycles. The molecular formula is C58H67ClN2O5. The quantitative estimate of drug-likeness (QED) is 0.105. The van der Waals surface area contributed by atoms with Gasteiger partial charge in [-0.1, -0.05) is 210 Å². The van der Waals surface area contributed by atoms with Crippen molar-refractivity contribution >= 4 is 29.6 Å². The molecule has 3 aliphatic rings. The molecule has 5 aromatic rings. The molecule has 2 fully saturated rings. The van der Waals surface area contributed by atoms with E-state index < -0.39 is 30.1 Å². The Hall–Kier alpha value is -5.40. The summed E-state index contributed by atoms with van der Waals surface area (Å²) in [7, 11) is 0. The molecule has 2 amide bonds. The molecule has 1 unspecified atom stereocenters. The highest BCUT2D eigenvalue weighted by molar-refractivity contribution is 6.31. The van der Waals surface area contributed by atoms with Crippen molar-refractivity contribution in [3.05, 3.63) is 166 Å². The lowest BCUT2D eigenvalue weighted by molar-refractivity contribution is -0.156. The number of alkyl carbamates (subject to hydrolysis) is 1. The number of piperidine rings is 1. The van der Waals surface area contributed by atoms with Gasteiger partial charge < -0.3 is 19.7 Å². The average molecular weight is 908 g/mol. The van der Waals surface area contributed by atoms with Crippen LogP contribution in [-0.2, 0) is 24.7 Å². The fourth-order valence-electron chi connectivity index (χ4n) is 10.7. The Morgan fingerprint density at radius 1 is 0.636 bits per heavy atom. The number of amides is 2. The van der Waals surface area contributed by atoms with Crippen LogP contribution in [0.1, 0.15) is 155 Å². The number of nitrogens with one attached hydrogen (secondary N) is 1. The Kier molecular flexibility index (Phi) is 16.3. The van der Waals surface area contributed by atoms with Crippen molar-refractivity contribution in [2.45, 2.75) is 133 Å². The molecule has 2 aliphatic carbocycles. The average Bonchev–Trinajstić information content (AvgIpc) is 3.67. The number of hydrogen-bond donors (Lipinski definition) is 1. The number of carbonyl (C=O) groups is 3. The summed E-state index contributed by atoms with van der Waals surface area (Å²) in [6.07, 6.45) is 17.2. The Bertz CT molecular complexity index is 2320. The number of likely N-dealkylation sites (tertiary alicyclic amines) is 1. The van der Waals surface area contributed by atoms with E-state index in [-0.39, 0.29) is 18.4 Å². The van der Waals surface area contributed by atoms with Gasteiger partial charge in [0.15, 0.2) is 5.60 Å². The predicted octanol–water partition coefficient (Wildman–Crippen LogP) is 13.9. The molecular weight excluding hydrogens is 840 g/mol. The second-order valence-corrected chi connectivity index (χ2v) is 19.4. The number of benzene rings is 5. The fourth-order valence-corrected chi connectivity index (χ4v) is 11.0. The van der Waals surface area contributed by atoms with Crippen molar-refractivity contribution in [1.29, 1.82) is 0 Å². The van der Waals surface area contributed by atoms with Crippen LogP contribution >= 0.6 is 11.6 Å². The molecule has 5 aromatic carbocycles. The van der Waals surface area contributed by atoms with E-state index in [1.54, 1.807) is 4.90 Å². The van der Waals surface area contributed by atoms with Crippen LogP contribution in [0.15, 0.2) is 127 Å². The number of ether oxygens (including phenoxy) is 2. The standard InChI is InChI=1S/C58H67ClN2O5/c1-42-36-38-61(39-37-42)56(63)54(60-57(64)65-41-51-49-28-18-16-26-47(49)48-27-17-19-29-50(48)51)40-55(62)66-58(45-24-14-11-15-25-45,52-30-20-21-31-53(52)59)46-34-32-44(33-35-46)43-22-12-9-7-5-3-2-4-6-8-10-13-23-43/h11,14-21,24-35,42-43,51,54H,2-10,12-13,22-23,36-41H2,1H3,(H,60,64)/t54-,58?/m0/s1. The maximum atomic E-state index is 14.9. The highest BCUT2D eigenvalue weighted by Crippen LogP contribution is 2.46. The van der Waals surface area contributed by atoms with Crippen LogP contribution < -0.4 is 5.32 Å². The normalized spacial score (nSPS) is 18.2. The molecule has 1 aliphatic heterocycles. The van der Waals surface area contributed by atoms with Gasteiger partial charge in [0, 0.05) is 40.7 Å². The lowest BCUT2D eigenvalue weighted by Crippen LogP contribution is -2.52. The first-order chi connectivity index (χ1) is 32.3. The zero-order valence-corrected chi connectivity index (χ0v) is 39.5. The largest absolute Gasteiger partial charge is 0.449 e. The van der Waals surface area contributed by atoms with E-state index in [1.165, 1.54) is 76.2 Å². The molecule has 1 saturated heterocycles. The number of esters is 1. The van der Waals surface area contributed by atoms with Crippen LogP contribution in [0.3, 0.4) is 0 Å². The van der Waals surface area contributed by atoms with Crippen LogP contribution in [0.4, 0.5) is 4.79 Å². The van der Waals surface area contributed by atoms with Gasteiger partial charge in [-0.3, -0.25) is 9.59 Å². The lowest BCUT2D eigenvalue weighted by atomic mass is 9.78. The van der Waals surface area contributed by atoms with Crippen molar-refractivity contribution in [3.8, 4) is 11.1 Å². The number of hydrogen-bond acceptors (Lipinski definition) is 5. The number of carbonyl (C=O) groups excluding carboxylic acids is 3. The van der Waals surface area contributed by atoms with Crippen molar-refractivity contribution in [3.63, 3.8) is 0 Å². The summed E-state index contributed by atoms with van der Waals surface area (Å²) in [5, 5.41) is 3.28. The summed E-state index contributed by atoms with van der Waals surface area (Å²) in [6.45, 7) is 3.34. The van der Waals surface area contributed by atoms with Crippen LogP contribution in [0.5, 0.6) is 0 Å². The van der Waals surface area contributed by atoms with Crippen molar-refractivity contribution in [2.24, 2.45) is 5.92 Å². The van der Waals surface area contributed by atoms with Gasteiger partial charge in [-0.15, -0.1) is 0 Å². The number of rotatable bonds is 11. The minimum atomic E-state index is -1.48. The van der Waals surface area contributed by atoms with Crippen molar-refractivity contribution in [2.75, 3.05) is 19.7 Å². The van der Waals surface area contributed by atoms with E-state index in [2.05, 4.69) is 60.8 Å². The second kappa shape index (κ2) is 22.9. The van der Waals surface area contributed by atoms with Gasteiger partial charge >= 0.3 is 12.1 Å². The lowest BCUT2D eigenvalue weighted by Gasteiger charge is -2.37. The topological polar surface area (TPSA) is 84.9 Å². The molecule has 0 spiro atoms. The van der Waals surface area contributed by atoms with Gasteiger partial charge in [0.1, 0.15) is 12.6 Å². The van der Waals surface area contributed by atoms with Gasteiger partial charge in [-0.05, 0) is 71.4 Å². The minimum absolute atomic E-state index is 0.0763. The molecule has 1 N–H and O–H groups in total. The van der Waals surface area contributed by atoms with E-state index in [0.717, 1.165) is 59.1 Å². The third kappa shape index (κ3) is 11.2. The monoisotopic (exact) mass is 906 g/mol. The van der Waals surface area contributed by atoms with E-state index in [9.17, 15) is 14.4 Å². The molecule has 346 valence electrons. The summed E-state index contributed by atoms with van der Waals surface area (Å²) in [6, 6.07) is 40.9. The van der Waals surface area contributed by atoms with E-state index >= 15 is 0 Å². The Labute approximate surface area is 397 Å².